The van der Waals surface area contributed by atoms with Crippen LogP contribution in [0.15, 0.2) is 52.2 Å². The summed E-state index contributed by atoms with van der Waals surface area (Å²) in [6.07, 6.45) is 3.11. The van der Waals surface area contributed by atoms with Gasteiger partial charge in [0.15, 0.2) is 0 Å². The maximum absolute atomic E-state index is 12.1. The fourth-order valence-corrected chi connectivity index (χ4v) is 2.55. The van der Waals surface area contributed by atoms with E-state index in [2.05, 4.69) is 5.32 Å². The van der Waals surface area contributed by atoms with Gasteiger partial charge in [0, 0.05) is 19.2 Å². The van der Waals surface area contributed by atoms with Crippen molar-refractivity contribution in [3.8, 4) is 0 Å². The quantitative estimate of drug-likeness (QED) is 0.868. The van der Waals surface area contributed by atoms with Crippen molar-refractivity contribution in [1.82, 2.24) is 10.2 Å². The molecule has 8 heteroatoms. The molecule has 2 aromatic rings. The molecule has 0 fully saturated rings. The third kappa shape index (κ3) is 4.33. The average molecular weight is 337 g/mol. The first-order valence-corrected chi connectivity index (χ1v) is 8.48. The van der Waals surface area contributed by atoms with Crippen LogP contribution in [0.2, 0.25) is 0 Å². The van der Waals surface area contributed by atoms with E-state index >= 15 is 0 Å². The zero-order valence-corrected chi connectivity index (χ0v) is 13.7. The van der Waals surface area contributed by atoms with Crippen molar-refractivity contribution in [3.05, 3.63) is 54.0 Å². The topological polar surface area (TPSA) is 106 Å². The number of furan rings is 1. The molecule has 1 aromatic heterocycles. The number of nitrogens with two attached hydrogens (primary N) is 1. The van der Waals surface area contributed by atoms with Crippen LogP contribution in [0.5, 0.6) is 0 Å². The van der Waals surface area contributed by atoms with Crippen molar-refractivity contribution >= 4 is 16.1 Å². The van der Waals surface area contributed by atoms with Crippen LogP contribution in [-0.2, 0) is 16.6 Å². The number of carbonyl (C=O) groups is 1. The van der Waals surface area contributed by atoms with Gasteiger partial charge < -0.3 is 14.6 Å². The molecule has 0 spiro atoms. The minimum Gasteiger partial charge on any atom is -0.472 e. The molecule has 0 saturated heterocycles. The molecule has 23 heavy (non-hydrogen) atoms. The zero-order chi connectivity index (χ0) is 17.0. The first kappa shape index (κ1) is 17.0. The fraction of sp³-hybridized carbons (Fsp3) is 0.267. The summed E-state index contributed by atoms with van der Waals surface area (Å²) in [5, 5.41) is 7.85. The molecule has 0 aliphatic carbocycles. The van der Waals surface area contributed by atoms with E-state index in [1.165, 1.54) is 17.0 Å². The van der Waals surface area contributed by atoms with Crippen LogP contribution in [0.25, 0.3) is 0 Å². The summed E-state index contributed by atoms with van der Waals surface area (Å²) in [6, 6.07) is 7.45. The number of urea groups is 1. The van der Waals surface area contributed by atoms with Crippen LogP contribution in [0.3, 0.4) is 0 Å². The standard InChI is InChI=1S/C15H19N3O4S/c1-11(13-3-5-14(6-4-13)23(16,20)21)18(2)15(19)17-9-12-7-8-22-10-12/h3-8,10-11H,9H2,1-2H3,(H,17,19)(H2,16,20,21)/t11-/m1/s1. The number of amides is 2. The first-order chi connectivity index (χ1) is 10.8. The summed E-state index contributed by atoms with van der Waals surface area (Å²) in [4.78, 5) is 13.7. The second-order valence-corrected chi connectivity index (χ2v) is 6.75. The van der Waals surface area contributed by atoms with Crippen LogP contribution >= 0.6 is 0 Å². The second kappa shape index (κ2) is 6.84. The molecule has 0 saturated carbocycles. The van der Waals surface area contributed by atoms with Crippen LogP contribution in [0.4, 0.5) is 4.79 Å². The lowest BCUT2D eigenvalue weighted by molar-refractivity contribution is 0.194. The first-order valence-electron chi connectivity index (χ1n) is 6.93. The Hall–Kier alpha value is -2.32. The van der Waals surface area contributed by atoms with Gasteiger partial charge in [-0.25, -0.2) is 18.4 Å². The molecule has 0 unspecified atom stereocenters. The summed E-state index contributed by atoms with van der Waals surface area (Å²) >= 11 is 0. The highest BCUT2D eigenvalue weighted by atomic mass is 32.2. The monoisotopic (exact) mass is 337 g/mol. The number of nitrogens with one attached hydrogen (secondary N) is 1. The number of rotatable bonds is 5. The largest absolute Gasteiger partial charge is 0.472 e. The minimum absolute atomic E-state index is 0.0421. The summed E-state index contributed by atoms with van der Waals surface area (Å²) in [6.45, 7) is 2.22. The molecule has 0 radical (unpaired) electrons. The molecule has 3 N–H and O–H groups in total. The molecule has 2 amide bonds. The van der Waals surface area contributed by atoms with E-state index in [0.717, 1.165) is 11.1 Å². The van der Waals surface area contributed by atoms with Gasteiger partial charge in [-0.3, -0.25) is 0 Å². The third-order valence-electron chi connectivity index (χ3n) is 3.62. The molecule has 2 rings (SSSR count). The van der Waals surface area contributed by atoms with E-state index in [4.69, 9.17) is 9.56 Å². The van der Waals surface area contributed by atoms with Gasteiger partial charge in [0.2, 0.25) is 10.0 Å². The summed E-state index contributed by atoms with van der Waals surface area (Å²) in [7, 11) is -2.05. The zero-order valence-electron chi connectivity index (χ0n) is 12.9. The molecule has 7 nitrogen and oxygen atoms in total. The molecule has 1 aromatic carbocycles. The predicted molar refractivity (Wildman–Crippen MR) is 84.9 cm³/mol. The number of nitrogens with zero attached hydrogens (tertiary/aromatic N) is 1. The van der Waals surface area contributed by atoms with E-state index in [1.54, 1.807) is 37.8 Å². The maximum Gasteiger partial charge on any atom is 0.317 e. The number of benzene rings is 1. The Morgan fingerprint density at radius 1 is 1.30 bits per heavy atom. The van der Waals surface area contributed by atoms with E-state index in [-0.39, 0.29) is 17.0 Å². The Kier molecular flexibility index (Phi) is 5.07. The van der Waals surface area contributed by atoms with Gasteiger partial charge in [-0.2, -0.15) is 0 Å². The number of carbonyl (C=O) groups excluding carboxylic acids is 1. The Labute approximate surface area is 135 Å². The lowest BCUT2D eigenvalue weighted by atomic mass is 10.1. The number of sulfonamides is 1. The highest BCUT2D eigenvalue weighted by molar-refractivity contribution is 7.89. The van der Waals surface area contributed by atoms with E-state index in [0.29, 0.717) is 6.54 Å². The molecule has 124 valence electrons. The second-order valence-electron chi connectivity index (χ2n) is 5.19. The van der Waals surface area contributed by atoms with E-state index < -0.39 is 10.0 Å². The smallest absolute Gasteiger partial charge is 0.317 e. The van der Waals surface area contributed by atoms with E-state index in [9.17, 15) is 13.2 Å². The Morgan fingerprint density at radius 3 is 2.48 bits per heavy atom. The van der Waals surface area contributed by atoms with Gasteiger partial charge in [-0.1, -0.05) is 12.1 Å². The van der Waals surface area contributed by atoms with Gasteiger partial charge in [-0.05, 0) is 30.7 Å². The van der Waals surface area contributed by atoms with E-state index in [1.807, 2.05) is 6.92 Å². The van der Waals surface area contributed by atoms with Crippen molar-refractivity contribution in [2.45, 2.75) is 24.4 Å². The number of primary sulfonamides is 1. The number of hydrogen-bond donors (Lipinski definition) is 2. The highest BCUT2D eigenvalue weighted by Crippen LogP contribution is 2.20. The fourth-order valence-electron chi connectivity index (χ4n) is 2.03. The summed E-state index contributed by atoms with van der Waals surface area (Å²) in [5.41, 5.74) is 1.68. The van der Waals surface area contributed by atoms with Crippen LogP contribution in [0.1, 0.15) is 24.1 Å². The highest BCUT2D eigenvalue weighted by Gasteiger charge is 2.18. The van der Waals surface area contributed by atoms with Crippen molar-refractivity contribution in [2.75, 3.05) is 7.05 Å². The van der Waals surface area contributed by atoms with Crippen molar-refractivity contribution in [1.29, 1.82) is 0 Å². The SMILES string of the molecule is C[C@H](c1ccc(S(N)(=O)=O)cc1)N(C)C(=O)NCc1ccoc1. The predicted octanol–water partition coefficient (Wildman–Crippen LogP) is 1.83. The lowest BCUT2D eigenvalue weighted by Crippen LogP contribution is -2.38. The minimum atomic E-state index is -3.72. The van der Waals surface area contributed by atoms with Gasteiger partial charge in [0.05, 0.1) is 23.5 Å². The van der Waals surface area contributed by atoms with Crippen LogP contribution in [-0.4, -0.2) is 26.4 Å². The molecule has 1 heterocycles. The van der Waals surface area contributed by atoms with Gasteiger partial charge in [-0.15, -0.1) is 0 Å². The molecule has 0 aliphatic rings. The normalized spacial score (nSPS) is 12.7. The third-order valence-corrected chi connectivity index (χ3v) is 4.55. The van der Waals surface area contributed by atoms with Gasteiger partial charge in [0.1, 0.15) is 0 Å². The molecular weight excluding hydrogens is 318 g/mol. The molecule has 0 aliphatic heterocycles. The lowest BCUT2D eigenvalue weighted by Gasteiger charge is -2.25. The summed E-state index contributed by atoms with van der Waals surface area (Å²) in [5.74, 6) is 0. The van der Waals surface area contributed by atoms with Gasteiger partial charge in [0.25, 0.3) is 0 Å². The van der Waals surface area contributed by atoms with Crippen molar-refractivity contribution < 1.29 is 17.6 Å². The summed E-state index contributed by atoms with van der Waals surface area (Å²) < 4.78 is 27.4. The van der Waals surface area contributed by atoms with Crippen LogP contribution < -0.4 is 10.5 Å². The Morgan fingerprint density at radius 2 is 1.96 bits per heavy atom. The number of hydrogen-bond acceptors (Lipinski definition) is 4. The Balaban J connectivity index is 2.00. The molecule has 1 atom stereocenters. The molecule has 0 bridgehead atoms. The average Bonchev–Trinajstić information content (AvgIpc) is 3.04. The van der Waals surface area contributed by atoms with Crippen molar-refractivity contribution in [3.63, 3.8) is 0 Å². The van der Waals surface area contributed by atoms with Crippen LogP contribution in [0, 0.1) is 0 Å². The van der Waals surface area contributed by atoms with Gasteiger partial charge >= 0.3 is 6.03 Å². The molecular formula is C15H19N3O4S. The Bertz CT molecular complexity index is 755. The van der Waals surface area contributed by atoms with Crippen molar-refractivity contribution in [2.24, 2.45) is 5.14 Å². The maximum atomic E-state index is 12.1.